The fraction of sp³-hybridized carbons (Fsp3) is 0.385. The van der Waals surface area contributed by atoms with E-state index in [1.165, 1.54) is 4.88 Å². The Labute approximate surface area is 115 Å². The van der Waals surface area contributed by atoms with Crippen LogP contribution in [0.15, 0.2) is 29.1 Å². The van der Waals surface area contributed by atoms with Gasteiger partial charge in [0.15, 0.2) is 0 Å². The summed E-state index contributed by atoms with van der Waals surface area (Å²) in [7, 11) is 0. The highest BCUT2D eigenvalue weighted by molar-refractivity contribution is 7.10. The van der Waals surface area contributed by atoms with Crippen LogP contribution < -0.4 is 5.32 Å². The fourth-order valence-electron chi connectivity index (χ4n) is 1.65. The highest BCUT2D eigenvalue weighted by Gasteiger charge is 2.02. The molecular formula is C13H16N2OS2. The summed E-state index contributed by atoms with van der Waals surface area (Å²) in [5.74, 6) is 0.142. The largest absolute Gasteiger partial charge is 0.356 e. The average Bonchev–Trinajstić information content (AvgIpc) is 3.01. The van der Waals surface area contributed by atoms with Crippen molar-refractivity contribution in [2.45, 2.75) is 25.7 Å². The Morgan fingerprint density at radius 1 is 1.28 bits per heavy atom. The normalized spacial score (nSPS) is 10.4. The minimum Gasteiger partial charge on any atom is -0.356 e. The van der Waals surface area contributed by atoms with Crippen LogP contribution in [0.4, 0.5) is 0 Å². The second-order valence-corrected chi connectivity index (χ2v) is 5.97. The van der Waals surface area contributed by atoms with E-state index in [0.717, 1.165) is 24.3 Å². The minimum atomic E-state index is 0.142. The lowest BCUT2D eigenvalue weighted by molar-refractivity contribution is -0.121. The number of thiophene rings is 1. The highest BCUT2D eigenvalue weighted by atomic mass is 32.1. The number of carbonyl (C=O) groups is 1. The molecule has 0 aliphatic heterocycles. The monoisotopic (exact) mass is 280 g/mol. The van der Waals surface area contributed by atoms with Gasteiger partial charge in [0.1, 0.15) is 0 Å². The fourth-order valence-corrected chi connectivity index (χ4v) is 3.02. The van der Waals surface area contributed by atoms with Crippen LogP contribution in [0.3, 0.4) is 0 Å². The lowest BCUT2D eigenvalue weighted by Gasteiger charge is -2.03. The van der Waals surface area contributed by atoms with Crippen molar-refractivity contribution in [1.82, 2.24) is 10.3 Å². The van der Waals surface area contributed by atoms with Crippen molar-refractivity contribution in [3.8, 4) is 0 Å². The van der Waals surface area contributed by atoms with Gasteiger partial charge in [0.2, 0.25) is 5.91 Å². The van der Waals surface area contributed by atoms with Crippen LogP contribution in [0.5, 0.6) is 0 Å². The lowest BCUT2D eigenvalue weighted by atomic mass is 10.2. The van der Waals surface area contributed by atoms with E-state index in [4.69, 9.17) is 0 Å². The molecule has 0 aliphatic carbocycles. The third-order valence-electron chi connectivity index (χ3n) is 2.55. The molecule has 2 heterocycles. The number of aryl methyl sites for hydroxylation is 1. The molecule has 1 N–H and O–H groups in total. The number of thiazole rings is 1. The van der Waals surface area contributed by atoms with Gasteiger partial charge >= 0.3 is 0 Å². The predicted molar refractivity (Wildman–Crippen MR) is 76.1 cm³/mol. The van der Waals surface area contributed by atoms with E-state index >= 15 is 0 Å². The molecule has 0 bridgehead atoms. The Hall–Kier alpha value is -1.20. The second-order valence-electron chi connectivity index (χ2n) is 3.96. The smallest absolute Gasteiger partial charge is 0.220 e. The van der Waals surface area contributed by atoms with Gasteiger partial charge in [-0.3, -0.25) is 4.79 Å². The van der Waals surface area contributed by atoms with Crippen LogP contribution in [0.1, 0.15) is 22.7 Å². The molecule has 0 saturated carbocycles. The van der Waals surface area contributed by atoms with Gasteiger partial charge in [-0.1, -0.05) is 6.07 Å². The van der Waals surface area contributed by atoms with E-state index in [0.29, 0.717) is 13.0 Å². The van der Waals surface area contributed by atoms with Crippen molar-refractivity contribution in [2.24, 2.45) is 0 Å². The number of nitrogens with zero attached hydrogens (tertiary/aromatic N) is 1. The number of aromatic nitrogens is 1. The second kappa shape index (κ2) is 7.28. The van der Waals surface area contributed by atoms with Crippen LogP contribution >= 0.6 is 22.7 Å². The molecule has 1 amide bonds. The van der Waals surface area contributed by atoms with Gasteiger partial charge in [-0.05, 0) is 24.3 Å². The van der Waals surface area contributed by atoms with Crippen LogP contribution in [0.25, 0.3) is 0 Å². The van der Waals surface area contributed by atoms with Crippen molar-refractivity contribution in [3.63, 3.8) is 0 Å². The van der Waals surface area contributed by atoms with E-state index in [-0.39, 0.29) is 5.91 Å². The maximum Gasteiger partial charge on any atom is 0.220 e. The summed E-state index contributed by atoms with van der Waals surface area (Å²) in [4.78, 5) is 17.1. The predicted octanol–water partition coefficient (Wildman–Crippen LogP) is 2.89. The van der Waals surface area contributed by atoms with E-state index in [9.17, 15) is 4.79 Å². The number of amides is 1. The standard InChI is InChI=1S/C13H16N2OS2/c16-12(5-1-3-11-4-2-9-17-11)14-7-6-13-15-8-10-18-13/h2,4,8-10H,1,3,5-7H2,(H,14,16). The van der Waals surface area contributed by atoms with Gasteiger partial charge in [-0.15, -0.1) is 22.7 Å². The summed E-state index contributed by atoms with van der Waals surface area (Å²) in [5.41, 5.74) is 0. The van der Waals surface area contributed by atoms with Crippen LogP contribution in [-0.2, 0) is 17.6 Å². The number of hydrogen-bond donors (Lipinski definition) is 1. The molecule has 0 radical (unpaired) electrons. The average molecular weight is 280 g/mol. The summed E-state index contributed by atoms with van der Waals surface area (Å²) in [6.45, 7) is 0.686. The van der Waals surface area contributed by atoms with Gasteiger partial charge in [0.25, 0.3) is 0 Å². The number of carbonyl (C=O) groups excluding carboxylic acids is 1. The third kappa shape index (κ3) is 4.58. The minimum absolute atomic E-state index is 0.142. The molecule has 96 valence electrons. The Bertz CT molecular complexity index is 409. The van der Waals surface area contributed by atoms with Gasteiger partial charge in [0, 0.05) is 35.8 Å². The molecule has 0 saturated heterocycles. The Morgan fingerprint density at radius 2 is 2.22 bits per heavy atom. The summed E-state index contributed by atoms with van der Waals surface area (Å²) in [5, 5.41) is 8.04. The van der Waals surface area contributed by atoms with Gasteiger partial charge in [-0.2, -0.15) is 0 Å². The first-order valence-electron chi connectivity index (χ1n) is 6.02. The zero-order chi connectivity index (χ0) is 12.6. The number of hydrogen-bond acceptors (Lipinski definition) is 4. The van der Waals surface area contributed by atoms with Crippen molar-refractivity contribution in [1.29, 1.82) is 0 Å². The third-order valence-corrected chi connectivity index (χ3v) is 4.33. The highest BCUT2D eigenvalue weighted by Crippen LogP contribution is 2.11. The number of nitrogens with one attached hydrogen (secondary N) is 1. The van der Waals surface area contributed by atoms with Crippen molar-refractivity contribution < 1.29 is 4.79 Å². The summed E-state index contributed by atoms with van der Waals surface area (Å²) in [6, 6.07) is 4.17. The molecule has 0 aliphatic rings. The first-order chi connectivity index (χ1) is 8.84. The molecule has 2 rings (SSSR count). The molecule has 0 unspecified atom stereocenters. The lowest BCUT2D eigenvalue weighted by Crippen LogP contribution is -2.25. The summed E-state index contributed by atoms with van der Waals surface area (Å²) in [6.07, 6.45) is 5.15. The zero-order valence-corrected chi connectivity index (χ0v) is 11.7. The molecule has 18 heavy (non-hydrogen) atoms. The summed E-state index contributed by atoms with van der Waals surface area (Å²) >= 11 is 3.38. The zero-order valence-electron chi connectivity index (χ0n) is 10.1. The van der Waals surface area contributed by atoms with E-state index in [1.54, 1.807) is 28.9 Å². The Balaban J connectivity index is 1.55. The van der Waals surface area contributed by atoms with Crippen LogP contribution in [0, 0.1) is 0 Å². The van der Waals surface area contributed by atoms with Crippen molar-refractivity contribution >= 4 is 28.6 Å². The van der Waals surface area contributed by atoms with Gasteiger partial charge < -0.3 is 5.32 Å². The van der Waals surface area contributed by atoms with Gasteiger partial charge in [0.05, 0.1) is 5.01 Å². The SMILES string of the molecule is O=C(CCCc1cccs1)NCCc1nccs1. The Kier molecular flexibility index (Phi) is 5.36. The van der Waals surface area contributed by atoms with Crippen molar-refractivity contribution in [2.75, 3.05) is 6.54 Å². The maximum atomic E-state index is 11.6. The molecule has 0 aromatic carbocycles. The van der Waals surface area contributed by atoms with E-state index < -0.39 is 0 Å². The molecule has 5 heteroatoms. The van der Waals surface area contributed by atoms with E-state index in [2.05, 4.69) is 21.7 Å². The molecule has 2 aromatic rings. The molecule has 3 nitrogen and oxygen atoms in total. The molecular weight excluding hydrogens is 264 g/mol. The summed E-state index contributed by atoms with van der Waals surface area (Å²) < 4.78 is 0. The first kappa shape index (κ1) is 13.2. The van der Waals surface area contributed by atoms with Crippen molar-refractivity contribution in [3.05, 3.63) is 39.0 Å². The van der Waals surface area contributed by atoms with E-state index in [1.807, 2.05) is 11.4 Å². The molecule has 0 fully saturated rings. The Morgan fingerprint density at radius 3 is 2.94 bits per heavy atom. The van der Waals surface area contributed by atoms with Crippen LogP contribution in [-0.4, -0.2) is 17.4 Å². The van der Waals surface area contributed by atoms with Crippen LogP contribution in [0.2, 0.25) is 0 Å². The number of rotatable bonds is 7. The quantitative estimate of drug-likeness (QED) is 0.847. The van der Waals surface area contributed by atoms with Gasteiger partial charge in [-0.25, -0.2) is 4.98 Å². The molecule has 2 aromatic heterocycles. The molecule has 0 spiro atoms. The molecule has 0 atom stereocenters. The first-order valence-corrected chi connectivity index (χ1v) is 7.78. The maximum absolute atomic E-state index is 11.6. The topological polar surface area (TPSA) is 42.0 Å².